The molecular weight excluding hydrogens is 418 g/mol. The van der Waals surface area contributed by atoms with Crippen LogP contribution in [0.1, 0.15) is 5.56 Å². The fraction of sp³-hybridized carbons (Fsp3) is 0.0526. The quantitative estimate of drug-likeness (QED) is 0.252. The van der Waals surface area contributed by atoms with Crippen molar-refractivity contribution in [2.45, 2.75) is 16.0 Å². The molecule has 0 radical (unpaired) electrons. The first-order chi connectivity index (χ1) is 12.8. The van der Waals surface area contributed by atoms with E-state index in [2.05, 4.69) is 17.4 Å². The highest BCUT2D eigenvalue weighted by Gasteiger charge is 2.30. The van der Waals surface area contributed by atoms with Gasteiger partial charge in [0.15, 0.2) is 0 Å². The van der Waals surface area contributed by atoms with Gasteiger partial charge in [-0.2, -0.15) is 13.2 Å². The Hall–Kier alpha value is -1.83. The number of anilines is 1. The summed E-state index contributed by atoms with van der Waals surface area (Å²) in [6.45, 7) is 0. The third kappa shape index (κ3) is 4.72. The van der Waals surface area contributed by atoms with Crippen LogP contribution in [0, 0.1) is 5.82 Å². The lowest BCUT2D eigenvalue weighted by Crippen LogP contribution is -2.04. The Balaban J connectivity index is 1.86. The van der Waals surface area contributed by atoms with E-state index >= 15 is 0 Å². The molecule has 140 valence electrons. The number of hydrogen-bond donors (Lipinski definition) is 2. The van der Waals surface area contributed by atoms with Crippen LogP contribution < -0.4 is 4.72 Å². The zero-order valence-corrected chi connectivity index (χ0v) is 16.0. The van der Waals surface area contributed by atoms with Crippen LogP contribution in [-0.2, 0) is 6.18 Å². The van der Waals surface area contributed by atoms with Gasteiger partial charge < -0.3 is 4.72 Å². The van der Waals surface area contributed by atoms with Gasteiger partial charge in [0.2, 0.25) is 0 Å². The molecule has 3 aromatic carbocycles. The van der Waals surface area contributed by atoms with Gasteiger partial charge in [-0.05, 0) is 60.0 Å². The molecule has 0 bridgehead atoms. The lowest BCUT2D eigenvalue weighted by atomic mass is 10.0. The van der Waals surface area contributed by atoms with Crippen LogP contribution in [-0.4, -0.2) is 0 Å². The molecule has 0 aliphatic carbocycles. The minimum Gasteiger partial charge on any atom is -0.325 e. The zero-order valence-electron chi connectivity index (χ0n) is 13.5. The SMILES string of the molecule is Fc1cccc(Cl)c1-c1ccc(S)c(NSc2cccc(C(F)(F)F)c2)c1. The Kier molecular flexibility index (Phi) is 5.93. The summed E-state index contributed by atoms with van der Waals surface area (Å²) in [6.07, 6.45) is -4.41. The topological polar surface area (TPSA) is 12.0 Å². The van der Waals surface area contributed by atoms with Gasteiger partial charge in [0.1, 0.15) is 5.82 Å². The molecule has 27 heavy (non-hydrogen) atoms. The van der Waals surface area contributed by atoms with Crippen molar-refractivity contribution >= 4 is 41.9 Å². The number of benzene rings is 3. The molecule has 1 N–H and O–H groups in total. The third-order valence-corrected chi connectivity index (χ3v) is 5.20. The van der Waals surface area contributed by atoms with Gasteiger partial charge in [0.25, 0.3) is 0 Å². The second kappa shape index (κ2) is 8.04. The Labute approximate surface area is 168 Å². The largest absolute Gasteiger partial charge is 0.416 e. The fourth-order valence-corrected chi connectivity index (χ4v) is 3.67. The molecule has 0 spiro atoms. The molecule has 1 nitrogen and oxygen atoms in total. The van der Waals surface area contributed by atoms with E-state index in [-0.39, 0.29) is 10.6 Å². The molecule has 3 rings (SSSR count). The van der Waals surface area contributed by atoms with Crippen molar-refractivity contribution in [3.05, 3.63) is 77.1 Å². The van der Waals surface area contributed by atoms with Crippen molar-refractivity contribution in [1.29, 1.82) is 0 Å². The maximum atomic E-state index is 14.1. The summed E-state index contributed by atoms with van der Waals surface area (Å²) in [5, 5.41) is 0.262. The molecule has 0 aliphatic rings. The Bertz CT molecular complexity index is 956. The summed E-state index contributed by atoms with van der Waals surface area (Å²) in [4.78, 5) is 0.942. The highest BCUT2D eigenvalue weighted by atomic mass is 35.5. The van der Waals surface area contributed by atoms with Crippen LogP contribution in [0.25, 0.3) is 11.1 Å². The second-order valence-electron chi connectivity index (χ2n) is 5.56. The maximum Gasteiger partial charge on any atom is 0.416 e. The zero-order chi connectivity index (χ0) is 19.6. The van der Waals surface area contributed by atoms with Crippen LogP contribution in [0.15, 0.2) is 70.5 Å². The van der Waals surface area contributed by atoms with Gasteiger partial charge in [-0.25, -0.2) is 4.39 Å². The molecule has 0 atom stereocenters. The van der Waals surface area contributed by atoms with Crippen molar-refractivity contribution in [2.24, 2.45) is 0 Å². The molecule has 8 heteroatoms. The van der Waals surface area contributed by atoms with Crippen molar-refractivity contribution in [3.8, 4) is 11.1 Å². The molecule has 0 saturated carbocycles. The van der Waals surface area contributed by atoms with E-state index in [4.69, 9.17) is 11.6 Å². The Morgan fingerprint density at radius 3 is 2.41 bits per heavy atom. The Morgan fingerprint density at radius 2 is 1.70 bits per heavy atom. The third-order valence-electron chi connectivity index (χ3n) is 3.69. The molecule has 0 aliphatic heterocycles. The maximum absolute atomic E-state index is 14.1. The number of alkyl halides is 3. The van der Waals surface area contributed by atoms with Crippen molar-refractivity contribution < 1.29 is 17.6 Å². The minimum atomic E-state index is -4.41. The van der Waals surface area contributed by atoms with Crippen LogP contribution in [0.3, 0.4) is 0 Å². The fourth-order valence-electron chi connectivity index (χ4n) is 2.40. The smallest absolute Gasteiger partial charge is 0.325 e. The van der Waals surface area contributed by atoms with Crippen molar-refractivity contribution in [2.75, 3.05) is 4.72 Å². The molecule has 0 amide bonds. The van der Waals surface area contributed by atoms with Crippen LogP contribution >= 0.6 is 36.2 Å². The van der Waals surface area contributed by atoms with E-state index in [1.165, 1.54) is 18.2 Å². The van der Waals surface area contributed by atoms with Gasteiger partial charge in [0.05, 0.1) is 16.3 Å². The summed E-state index contributed by atoms with van der Waals surface area (Å²) >= 11 is 11.4. The number of nitrogens with one attached hydrogen (secondary N) is 1. The lowest BCUT2D eigenvalue weighted by molar-refractivity contribution is -0.137. The van der Waals surface area contributed by atoms with Crippen LogP contribution in [0.4, 0.5) is 23.2 Å². The lowest BCUT2D eigenvalue weighted by Gasteiger charge is -2.13. The van der Waals surface area contributed by atoms with E-state index in [0.29, 0.717) is 21.0 Å². The van der Waals surface area contributed by atoms with Crippen molar-refractivity contribution in [1.82, 2.24) is 0 Å². The summed E-state index contributed by atoms with van der Waals surface area (Å²) in [5.41, 5.74) is 0.576. The standard InChI is InChI=1S/C19H12ClF4NS2/c20-14-5-2-6-15(21)18(14)11-7-8-17(26)16(9-11)25-27-13-4-1-3-12(10-13)19(22,23)24/h1-10,25-26H. The van der Waals surface area contributed by atoms with Gasteiger partial charge in [-0.1, -0.05) is 29.8 Å². The summed E-state index contributed by atoms with van der Waals surface area (Å²) in [6, 6.07) is 14.3. The predicted octanol–water partition coefficient (Wildman–Crippen LogP) is 7.57. The molecule has 0 unspecified atom stereocenters. The van der Waals surface area contributed by atoms with Crippen LogP contribution in [0.5, 0.6) is 0 Å². The van der Waals surface area contributed by atoms with Gasteiger partial charge in [0, 0.05) is 15.4 Å². The van der Waals surface area contributed by atoms with E-state index in [1.54, 1.807) is 30.3 Å². The van der Waals surface area contributed by atoms with Gasteiger partial charge in [-0.15, -0.1) is 12.6 Å². The molecule has 0 saturated heterocycles. The first kappa shape index (κ1) is 19.9. The van der Waals surface area contributed by atoms with Gasteiger partial charge in [-0.3, -0.25) is 0 Å². The molecule has 0 aromatic heterocycles. The van der Waals surface area contributed by atoms with E-state index in [0.717, 1.165) is 24.1 Å². The average molecular weight is 430 g/mol. The number of thiol groups is 1. The molecule has 0 heterocycles. The molecular formula is C19H12ClF4NS2. The average Bonchev–Trinajstić information content (AvgIpc) is 2.61. The number of hydrogen-bond acceptors (Lipinski definition) is 3. The first-order valence-electron chi connectivity index (χ1n) is 7.63. The summed E-state index contributed by atoms with van der Waals surface area (Å²) in [7, 11) is 0. The summed E-state index contributed by atoms with van der Waals surface area (Å²) < 4.78 is 55.6. The first-order valence-corrected chi connectivity index (χ1v) is 9.27. The Morgan fingerprint density at radius 1 is 0.963 bits per heavy atom. The summed E-state index contributed by atoms with van der Waals surface area (Å²) in [5.74, 6) is -0.467. The van der Waals surface area contributed by atoms with Gasteiger partial charge >= 0.3 is 6.18 Å². The number of rotatable bonds is 4. The van der Waals surface area contributed by atoms with E-state index < -0.39 is 17.6 Å². The monoisotopic (exact) mass is 429 g/mol. The normalized spacial score (nSPS) is 11.5. The van der Waals surface area contributed by atoms with E-state index in [9.17, 15) is 17.6 Å². The predicted molar refractivity (Wildman–Crippen MR) is 105 cm³/mol. The van der Waals surface area contributed by atoms with E-state index in [1.807, 2.05) is 0 Å². The molecule has 0 fully saturated rings. The molecule has 3 aromatic rings. The number of halogens is 5. The highest BCUT2D eigenvalue weighted by Crippen LogP contribution is 2.36. The minimum absolute atomic E-state index is 0.250. The second-order valence-corrected chi connectivity index (χ2v) is 7.33. The van der Waals surface area contributed by atoms with Crippen LogP contribution in [0.2, 0.25) is 5.02 Å². The highest BCUT2D eigenvalue weighted by molar-refractivity contribution is 8.00. The van der Waals surface area contributed by atoms with Crippen molar-refractivity contribution in [3.63, 3.8) is 0 Å².